The fourth-order valence-corrected chi connectivity index (χ4v) is 3.89. The molecule has 0 unspecified atom stereocenters. The molecule has 0 saturated carbocycles. The van der Waals surface area contributed by atoms with Crippen molar-refractivity contribution < 1.29 is 48.8 Å². The van der Waals surface area contributed by atoms with Gasteiger partial charge >= 0.3 is 12.4 Å². The van der Waals surface area contributed by atoms with Crippen molar-refractivity contribution in [3.63, 3.8) is 0 Å². The molecule has 1 N–H and O–H groups in total. The molecule has 5 nitrogen and oxygen atoms in total. The molecule has 2 rings (SSSR count). The van der Waals surface area contributed by atoms with E-state index in [1.807, 2.05) is 0 Å². The molecule has 0 radical (unpaired) electrons. The number of aryl methyl sites for hydroxylation is 2. The number of hydrogen-bond donors (Lipinski definition) is 1. The lowest BCUT2D eigenvalue weighted by Crippen LogP contribution is -2.63. The van der Waals surface area contributed by atoms with Gasteiger partial charge in [-0.15, -0.1) is 0 Å². The van der Waals surface area contributed by atoms with E-state index in [4.69, 9.17) is 9.29 Å². The zero-order valence-electron chi connectivity index (χ0n) is 14.4. The van der Waals surface area contributed by atoms with Crippen LogP contribution >= 0.6 is 0 Å². The van der Waals surface area contributed by atoms with E-state index in [0.717, 1.165) is 36.8 Å². The van der Waals surface area contributed by atoms with Gasteiger partial charge in [0.15, 0.2) is 0 Å². The van der Waals surface area contributed by atoms with Crippen molar-refractivity contribution in [3.05, 3.63) is 29.3 Å². The first kappa shape index (κ1) is 22.8. The van der Waals surface area contributed by atoms with Crippen LogP contribution in [0.2, 0.25) is 0 Å². The van der Waals surface area contributed by atoms with Crippen LogP contribution in [-0.4, -0.2) is 49.9 Å². The molecule has 0 atom stereocenters. The molecule has 1 aliphatic carbocycles. The van der Waals surface area contributed by atoms with Crippen LogP contribution in [0.3, 0.4) is 0 Å². The zero-order valence-corrected chi connectivity index (χ0v) is 15.3. The van der Waals surface area contributed by atoms with Crippen LogP contribution in [0.15, 0.2) is 18.2 Å². The number of alkyl halides is 6. The van der Waals surface area contributed by atoms with E-state index < -0.39 is 47.0 Å². The lowest BCUT2D eigenvalue weighted by atomic mass is 9.92. The smallest absolute Gasteiger partial charge is 0.427 e. The summed E-state index contributed by atoms with van der Waals surface area (Å²) in [7, 11) is -5.65. The second-order valence-electron chi connectivity index (χ2n) is 6.38. The molecule has 0 fully saturated rings. The van der Waals surface area contributed by atoms with Gasteiger partial charge < -0.3 is 9.47 Å². The van der Waals surface area contributed by atoms with Crippen molar-refractivity contribution in [2.45, 2.75) is 43.6 Å². The van der Waals surface area contributed by atoms with E-state index in [9.17, 15) is 34.8 Å². The minimum absolute atomic E-state index is 0.253. The summed E-state index contributed by atoms with van der Waals surface area (Å²) in [5.74, 6) is -2.45. The molecule has 0 saturated heterocycles. The second kappa shape index (κ2) is 8.07. The Morgan fingerprint density at radius 1 is 0.929 bits per heavy atom. The van der Waals surface area contributed by atoms with Crippen LogP contribution in [-0.2, 0) is 27.7 Å². The highest BCUT2D eigenvalue weighted by atomic mass is 32.2. The topological polar surface area (TPSA) is 72.8 Å². The van der Waals surface area contributed by atoms with Crippen molar-refractivity contribution in [2.75, 3.05) is 19.0 Å². The highest BCUT2D eigenvalue weighted by Gasteiger charge is 2.74. The Labute approximate surface area is 157 Å². The van der Waals surface area contributed by atoms with E-state index in [2.05, 4.69) is 4.74 Å². The van der Waals surface area contributed by atoms with Crippen LogP contribution < -0.4 is 4.74 Å². The van der Waals surface area contributed by atoms with Gasteiger partial charge in [0.1, 0.15) is 18.1 Å². The third-order valence-electron chi connectivity index (χ3n) is 4.32. The standard InChI is InChI=1S/C16H18F6O5S/c17-15(18,19)14(16(20,21)22,10-28(23,24)25)27-8-7-26-13-6-5-11-3-1-2-4-12(11)9-13/h5-6,9H,1-4,7-8,10H2,(H,23,24,25). The summed E-state index contributed by atoms with van der Waals surface area (Å²) in [6.07, 6.45) is -8.59. The summed E-state index contributed by atoms with van der Waals surface area (Å²) in [4.78, 5) is 0. The van der Waals surface area contributed by atoms with E-state index in [1.165, 1.54) is 0 Å². The van der Waals surface area contributed by atoms with Gasteiger partial charge in [0.25, 0.3) is 15.7 Å². The number of ether oxygens (including phenoxy) is 2. The Morgan fingerprint density at radius 2 is 1.50 bits per heavy atom. The summed E-state index contributed by atoms with van der Waals surface area (Å²) in [5.41, 5.74) is -2.96. The SMILES string of the molecule is O=S(=O)(O)CC(OCCOc1ccc2c(c1)CCCC2)(C(F)(F)F)C(F)(F)F. The Kier molecular flexibility index (Phi) is 6.56. The monoisotopic (exact) mass is 436 g/mol. The van der Waals surface area contributed by atoms with Gasteiger partial charge in [0.2, 0.25) is 0 Å². The number of hydrogen-bond acceptors (Lipinski definition) is 4. The summed E-state index contributed by atoms with van der Waals surface area (Å²) >= 11 is 0. The Balaban J connectivity index is 2.09. The minimum Gasteiger partial charge on any atom is -0.491 e. The van der Waals surface area contributed by atoms with Crippen LogP contribution in [0.1, 0.15) is 24.0 Å². The van der Waals surface area contributed by atoms with Gasteiger partial charge in [-0.3, -0.25) is 4.55 Å². The molecular formula is C16H18F6O5S. The van der Waals surface area contributed by atoms with Crippen molar-refractivity contribution in [1.82, 2.24) is 0 Å². The van der Waals surface area contributed by atoms with Gasteiger partial charge in [0.05, 0.1) is 6.61 Å². The molecule has 1 aromatic carbocycles. The number of halogens is 6. The average molecular weight is 436 g/mol. The average Bonchev–Trinajstić information content (AvgIpc) is 2.54. The minimum atomic E-state index is -6.13. The Morgan fingerprint density at radius 3 is 2.04 bits per heavy atom. The van der Waals surface area contributed by atoms with Crippen LogP contribution in [0.25, 0.3) is 0 Å². The summed E-state index contributed by atoms with van der Waals surface area (Å²) in [5, 5.41) is 0. The summed E-state index contributed by atoms with van der Waals surface area (Å²) < 4.78 is 118. The van der Waals surface area contributed by atoms with Gasteiger partial charge in [-0.2, -0.15) is 34.8 Å². The molecule has 1 aliphatic rings. The highest BCUT2D eigenvalue weighted by molar-refractivity contribution is 7.85. The molecule has 0 aromatic heterocycles. The van der Waals surface area contributed by atoms with Crippen LogP contribution in [0.5, 0.6) is 5.75 Å². The molecule has 28 heavy (non-hydrogen) atoms. The second-order valence-corrected chi connectivity index (χ2v) is 7.84. The number of rotatable bonds is 7. The normalized spacial score (nSPS) is 16.0. The van der Waals surface area contributed by atoms with Gasteiger partial charge in [-0.05, 0) is 48.9 Å². The lowest BCUT2D eigenvalue weighted by molar-refractivity contribution is -0.372. The van der Waals surface area contributed by atoms with Gasteiger partial charge in [0, 0.05) is 0 Å². The Hall–Kier alpha value is -1.53. The predicted octanol–water partition coefficient (Wildman–Crippen LogP) is 3.71. The maximum absolute atomic E-state index is 13.1. The molecule has 0 amide bonds. The molecular weight excluding hydrogens is 418 g/mol. The molecule has 12 heteroatoms. The first-order valence-electron chi connectivity index (χ1n) is 8.22. The van der Waals surface area contributed by atoms with E-state index in [-0.39, 0.29) is 5.75 Å². The van der Waals surface area contributed by atoms with Crippen LogP contribution in [0, 0.1) is 0 Å². The third-order valence-corrected chi connectivity index (χ3v) is 5.09. The summed E-state index contributed by atoms with van der Waals surface area (Å²) in [6, 6.07) is 4.98. The molecule has 0 aliphatic heterocycles. The van der Waals surface area contributed by atoms with Crippen molar-refractivity contribution in [3.8, 4) is 5.75 Å². The first-order valence-corrected chi connectivity index (χ1v) is 9.83. The first-order chi connectivity index (χ1) is 12.8. The predicted molar refractivity (Wildman–Crippen MR) is 85.8 cm³/mol. The quantitative estimate of drug-likeness (QED) is 0.401. The van der Waals surface area contributed by atoms with Crippen LogP contribution in [0.4, 0.5) is 26.3 Å². The molecule has 160 valence electrons. The Bertz CT molecular complexity index is 774. The number of fused-ring (bicyclic) bond motifs is 1. The van der Waals surface area contributed by atoms with Crippen molar-refractivity contribution >= 4 is 10.1 Å². The highest BCUT2D eigenvalue weighted by Crippen LogP contribution is 2.46. The molecule has 0 bridgehead atoms. The van der Waals surface area contributed by atoms with Crippen molar-refractivity contribution in [2.24, 2.45) is 0 Å². The van der Waals surface area contributed by atoms with Gasteiger partial charge in [-0.25, -0.2) is 0 Å². The fourth-order valence-electron chi connectivity index (χ4n) is 2.96. The largest absolute Gasteiger partial charge is 0.491 e. The van der Waals surface area contributed by atoms with Crippen molar-refractivity contribution in [1.29, 1.82) is 0 Å². The fraction of sp³-hybridized carbons (Fsp3) is 0.625. The third kappa shape index (κ3) is 5.29. The van der Waals surface area contributed by atoms with E-state index in [0.29, 0.717) is 0 Å². The lowest BCUT2D eigenvalue weighted by Gasteiger charge is -2.35. The summed E-state index contributed by atoms with van der Waals surface area (Å²) in [6.45, 7) is -1.89. The maximum Gasteiger partial charge on any atom is 0.427 e. The molecule has 1 aromatic rings. The molecule has 0 heterocycles. The molecule has 0 spiro atoms. The van der Waals surface area contributed by atoms with E-state index >= 15 is 0 Å². The van der Waals surface area contributed by atoms with E-state index in [1.54, 1.807) is 18.2 Å². The maximum atomic E-state index is 13.1. The number of benzene rings is 1. The zero-order chi connectivity index (χ0) is 21.2. The van der Waals surface area contributed by atoms with Gasteiger partial charge in [-0.1, -0.05) is 6.07 Å².